The normalized spacial score (nSPS) is 12.6. The first-order chi connectivity index (χ1) is 11.5. The number of aromatic nitrogens is 2. The fourth-order valence-electron chi connectivity index (χ4n) is 2.13. The number of nitrogens with zero attached hydrogens (tertiary/aromatic N) is 2. The van der Waals surface area contributed by atoms with Crippen LogP contribution in [0.2, 0.25) is 0 Å². The van der Waals surface area contributed by atoms with Crippen LogP contribution < -0.4 is 21.1 Å². The molecule has 3 rings (SSSR count). The van der Waals surface area contributed by atoms with Crippen molar-refractivity contribution in [2.24, 2.45) is 5.73 Å². The first-order valence-corrected chi connectivity index (χ1v) is 6.98. The van der Waals surface area contributed by atoms with Crippen LogP contribution >= 0.6 is 0 Å². The Labute approximate surface area is 136 Å². The van der Waals surface area contributed by atoms with E-state index >= 15 is 0 Å². The molecule has 1 aromatic carbocycles. The monoisotopic (exact) mass is 327 g/mol. The number of hydrogen-bond donors (Lipinski definition) is 3. The van der Waals surface area contributed by atoms with Gasteiger partial charge in [0.05, 0.1) is 5.69 Å². The predicted molar refractivity (Wildman–Crippen MR) is 82.3 cm³/mol. The van der Waals surface area contributed by atoms with Gasteiger partial charge >= 0.3 is 0 Å². The summed E-state index contributed by atoms with van der Waals surface area (Å²) >= 11 is 0. The van der Waals surface area contributed by atoms with E-state index in [1.807, 2.05) is 0 Å². The summed E-state index contributed by atoms with van der Waals surface area (Å²) < 4.78 is 5.26. The summed E-state index contributed by atoms with van der Waals surface area (Å²) in [5.41, 5.74) is 6.43. The molecule has 1 aliphatic rings. The number of carbonyl (C=O) groups excluding carboxylic acids is 3. The molecule has 24 heavy (non-hydrogen) atoms. The summed E-state index contributed by atoms with van der Waals surface area (Å²) in [4.78, 5) is 42.0. The number of ether oxygens (including phenoxy) is 1. The van der Waals surface area contributed by atoms with Crippen molar-refractivity contribution in [3.8, 4) is 5.75 Å². The third kappa shape index (κ3) is 3.29. The lowest BCUT2D eigenvalue weighted by molar-refractivity contribution is -0.118. The highest BCUT2D eigenvalue weighted by Crippen LogP contribution is 2.28. The number of carbonyl (C=O) groups is 3. The lowest BCUT2D eigenvalue weighted by Crippen LogP contribution is -2.26. The van der Waals surface area contributed by atoms with E-state index in [0.717, 1.165) is 11.9 Å². The number of fused-ring (bicyclic) bond motifs is 1. The molecular formula is C15H13N5O4. The van der Waals surface area contributed by atoms with Gasteiger partial charge in [-0.3, -0.25) is 14.4 Å². The molecule has 0 saturated carbocycles. The van der Waals surface area contributed by atoms with Crippen LogP contribution in [0.15, 0.2) is 30.6 Å². The molecule has 1 aromatic heterocycles. The average molecular weight is 327 g/mol. The highest BCUT2D eigenvalue weighted by atomic mass is 16.5. The van der Waals surface area contributed by atoms with E-state index in [-0.39, 0.29) is 30.4 Å². The number of primary amides is 1. The fraction of sp³-hybridized carbons (Fsp3) is 0.133. The molecule has 2 aromatic rings. The molecule has 2 heterocycles. The molecule has 3 amide bonds. The van der Waals surface area contributed by atoms with Crippen LogP contribution in [0.4, 0.5) is 5.69 Å². The molecule has 0 unspecified atom stereocenters. The average Bonchev–Trinajstić information content (AvgIpc) is 2.59. The van der Waals surface area contributed by atoms with Crippen LogP contribution in [0.25, 0.3) is 0 Å². The van der Waals surface area contributed by atoms with Gasteiger partial charge in [0.2, 0.25) is 0 Å². The van der Waals surface area contributed by atoms with Gasteiger partial charge in [-0.25, -0.2) is 9.97 Å². The van der Waals surface area contributed by atoms with E-state index in [1.165, 1.54) is 6.07 Å². The summed E-state index contributed by atoms with van der Waals surface area (Å²) in [5.74, 6) is -0.870. The minimum atomic E-state index is -0.739. The molecule has 9 heteroatoms. The van der Waals surface area contributed by atoms with Crippen LogP contribution in [-0.4, -0.2) is 34.3 Å². The quantitative estimate of drug-likeness (QED) is 0.713. The molecule has 122 valence electrons. The molecular weight excluding hydrogens is 314 g/mol. The molecule has 0 aliphatic carbocycles. The minimum absolute atomic E-state index is 0.0149. The summed E-state index contributed by atoms with van der Waals surface area (Å²) in [6.45, 7) is 0.191. The first kappa shape index (κ1) is 15.4. The van der Waals surface area contributed by atoms with Crippen LogP contribution in [0.1, 0.15) is 26.5 Å². The van der Waals surface area contributed by atoms with Crippen molar-refractivity contribution < 1.29 is 19.1 Å². The smallest absolute Gasteiger partial charge is 0.270 e. The van der Waals surface area contributed by atoms with Gasteiger partial charge in [0, 0.05) is 12.6 Å². The van der Waals surface area contributed by atoms with Gasteiger partial charge in [0.25, 0.3) is 17.7 Å². The largest absolute Gasteiger partial charge is 0.482 e. The van der Waals surface area contributed by atoms with E-state index < -0.39 is 11.8 Å². The summed E-state index contributed by atoms with van der Waals surface area (Å²) in [7, 11) is 0. The molecule has 0 radical (unpaired) electrons. The number of hydrogen-bond acceptors (Lipinski definition) is 6. The first-order valence-electron chi connectivity index (χ1n) is 6.98. The zero-order chi connectivity index (χ0) is 17.1. The Morgan fingerprint density at radius 1 is 1.25 bits per heavy atom. The number of nitrogens with two attached hydrogens (primary N) is 1. The number of anilines is 1. The zero-order valence-corrected chi connectivity index (χ0v) is 12.4. The third-order valence-electron chi connectivity index (χ3n) is 3.28. The third-order valence-corrected chi connectivity index (χ3v) is 3.28. The van der Waals surface area contributed by atoms with Gasteiger partial charge in [0.1, 0.15) is 23.5 Å². The van der Waals surface area contributed by atoms with E-state index in [4.69, 9.17) is 10.5 Å². The van der Waals surface area contributed by atoms with Gasteiger partial charge in [-0.2, -0.15) is 0 Å². The van der Waals surface area contributed by atoms with Gasteiger partial charge in [-0.15, -0.1) is 0 Å². The number of nitrogens with one attached hydrogen (secondary N) is 2. The topological polar surface area (TPSA) is 136 Å². The standard InChI is InChI=1S/C15H13N5O4/c16-14(22)10-4-11(19-7-18-10)15(23)17-5-8-1-2-12-9(3-8)20-13(21)6-24-12/h1-4,7H,5-6H2,(H2,16,22)(H,17,23)(H,20,21). The molecule has 0 atom stereocenters. The lowest BCUT2D eigenvalue weighted by Gasteiger charge is -2.18. The molecule has 1 aliphatic heterocycles. The van der Waals surface area contributed by atoms with Crippen LogP contribution in [0, 0.1) is 0 Å². The van der Waals surface area contributed by atoms with Crippen molar-refractivity contribution in [1.82, 2.24) is 15.3 Å². The second-order valence-corrected chi connectivity index (χ2v) is 5.00. The molecule has 4 N–H and O–H groups in total. The summed E-state index contributed by atoms with van der Waals surface area (Å²) in [5, 5.41) is 5.36. The Bertz CT molecular complexity index is 836. The Balaban J connectivity index is 1.68. The SMILES string of the molecule is NC(=O)c1cc(C(=O)NCc2ccc3c(c2)NC(=O)CO3)ncn1. The van der Waals surface area contributed by atoms with E-state index in [1.54, 1.807) is 18.2 Å². The Hall–Kier alpha value is -3.49. The van der Waals surface area contributed by atoms with Crippen LogP contribution in [0.3, 0.4) is 0 Å². The summed E-state index contributed by atoms with van der Waals surface area (Å²) in [6, 6.07) is 6.41. The molecule has 0 spiro atoms. The van der Waals surface area contributed by atoms with Crippen LogP contribution in [-0.2, 0) is 11.3 Å². The van der Waals surface area contributed by atoms with Gasteiger partial charge in [-0.05, 0) is 17.7 Å². The highest BCUT2D eigenvalue weighted by Gasteiger charge is 2.16. The Morgan fingerprint density at radius 3 is 2.83 bits per heavy atom. The lowest BCUT2D eigenvalue weighted by atomic mass is 10.1. The molecule has 9 nitrogen and oxygen atoms in total. The zero-order valence-electron chi connectivity index (χ0n) is 12.4. The number of amides is 3. The second kappa shape index (κ2) is 6.32. The maximum Gasteiger partial charge on any atom is 0.270 e. The van der Waals surface area contributed by atoms with Gasteiger partial charge < -0.3 is 21.1 Å². The van der Waals surface area contributed by atoms with Crippen molar-refractivity contribution in [2.45, 2.75) is 6.54 Å². The van der Waals surface area contributed by atoms with Crippen molar-refractivity contribution in [1.29, 1.82) is 0 Å². The maximum atomic E-state index is 12.1. The van der Waals surface area contributed by atoms with Crippen molar-refractivity contribution >= 4 is 23.4 Å². The molecule has 0 saturated heterocycles. The maximum absolute atomic E-state index is 12.1. The van der Waals surface area contributed by atoms with E-state index in [2.05, 4.69) is 20.6 Å². The molecule has 0 bridgehead atoms. The molecule has 0 fully saturated rings. The van der Waals surface area contributed by atoms with Crippen molar-refractivity contribution in [2.75, 3.05) is 11.9 Å². The second-order valence-electron chi connectivity index (χ2n) is 5.00. The fourth-order valence-corrected chi connectivity index (χ4v) is 2.13. The van der Waals surface area contributed by atoms with E-state index in [9.17, 15) is 14.4 Å². The highest BCUT2D eigenvalue weighted by molar-refractivity contribution is 5.97. The van der Waals surface area contributed by atoms with Crippen molar-refractivity contribution in [3.05, 3.63) is 47.5 Å². The minimum Gasteiger partial charge on any atom is -0.482 e. The number of benzene rings is 1. The Kier molecular flexibility index (Phi) is 4.06. The van der Waals surface area contributed by atoms with Crippen molar-refractivity contribution in [3.63, 3.8) is 0 Å². The number of rotatable bonds is 4. The Morgan fingerprint density at radius 2 is 2.04 bits per heavy atom. The predicted octanol–water partition coefficient (Wildman–Crippen LogP) is -0.164. The van der Waals surface area contributed by atoms with Crippen LogP contribution in [0.5, 0.6) is 5.75 Å². The van der Waals surface area contributed by atoms with Gasteiger partial charge in [0.15, 0.2) is 6.61 Å². The van der Waals surface area contributed by atoms with E-state index in [0.29, 0.717) is 11.4 Å². The van der Waals surface area contributed by atoms with Gasteiger partial charge in [-0.1, -0.05) is 6.07 Å². The summed E-state index contributed by atoms with van der Waals surface area (Å²) in [6.07, 6.45) is 1.10.